The van der Waals surface area contributed by atoms with Gasteiger partial charge < -0.3 is 13.6 Å². The van der Waals surface area contributed by atoms with Crippen molar-refractivity contribution in [3.8, 4) is 80.0 Å². The van der Waals surface area contributed by atoms with Crippen molar-refractivity contribution < 1.29 is 4.42 Å². The van der Waals surface area contributed by atoms with E-state index < -0.39 is 0 Å². The summed E-state index contributed by atoms with van der Waals surface area (Å²) in [6.45, 7) is 9.32. The summed E-state index contributed by atoms with van der Waals surface area (Å²) in [5.74, 6) is 16.4. The van der Waals surface area contributed by atoms with Gasteiger partial charge in [0.1, 0.15) is 0 Å². The predicted octanol–water partition coefficient (Wildman–Crippen LogP) is 18.2. The van der Waals surface area contributed by atoms with E-state index >= 15 is 0 Å². The van der Waals surface area contributed by atoms with E-state index in [-0.39, 0.29) is 10.8 Å². The van der Waals surface area contributed by atoms with E-state index in [4.69, 9.17) is 4.42 Å². The molecule has 77 heavy (non-hydrogen) atoms. The third-order valence-corrected chi connectivity index (χ3v) is 16.6. The lowest BCUT2D eigenvalue weighted by Gasteiger charge is -2.21. The van der Waals surface area contributed by atoms with Gasteiger partial charge in [-0.15, -0.1) is 0 Å². The van der Waals surface area contributed by atoms with Crippen LogP contribution in [0.2, 0.25) is 0 Å². The topological polar surface area (TPSA) is 23.0 Å². The summed E-state index contributed by atoms with van der Waals surface area (Å²) in [6, 6.07) is 82.9. The molecule has 3 aromatic heterocycles. The fourth-order valence-electron chi connectivity index (χ4n) is 12.8. The van der Waals surface area contributed by atoms with E-state index in [0.717, 1.165) is 77.6 Å². The summed E-state index contributed by atoms with van der Waals surface area (Å²) < 4.78 is 12.1. The summed E-state index contributed by atoms with van der Waals surface area (Å²) in [7, 11) is 0. The van der Waals surface area contributed by atoms with Crippen LogP contribution < -0.4 is 0 Å². The number of fused-ring (bicyclic) bond motifs is 12. The first-order valence-corrected chi connectivity index (χ1v) is 26.6. The number of rotatable bonds is 4. The molecule has 0 N–H and O–H groups in total. The largest absolute Gasteiger partial charge is 0.453 e. The molecule has 15 rings (SSSR count). The maximum absolute atomic E-state index is 7.45. The quantitative estimate of drug-likeness (QED) is 0.161. The van der Waals surface area contributed by atoms with Crippen LogP contribution in [0.4, 0.5) is 0 Å². The highest BCUT2D eigenvalue weighted by molar-refractivity contribution is 6.11. The molecule has 3 heterocycles. The molecule has 10 aromatic carbocycles. The van der Waals surface area contributed by atoms with Gasteiger partial charge in [0.25, 0.3) is 0 Å². The van der Waals surface area contributed by atoms with Crippen LogP contribution >= 0.6 is 0 Å². The number of nitrogens with zero attached hydrogens (tertiary/aromatic N) is 2. The Morgan fingerprint density at radius 1 is 0.312 bits per heavy atom. The summed E-state index contributed by atoms with van der Waals surface area (Å²) in [6.07, 6.45) is 0. The van der Waals surface area contributed by atoms with Crippen LogP contribution in [0.3, 0.4) is 0 Å². The van der Waals surface area contributed by atoms with Crippen molar-refractivity contribution in [2.45, 2.75) is 38.5 Å². The molecule has 0 saturated heterocycles. The molecule has 0 aliphatic heterocycles. The summed E-state index contributed by atoms with van der Waals surface area (Å²) in [5, 5.41) is 4.66. The van der Waals surface area contributed by atoms with Gasteiger partial charge in [-0.25, -0.2) is 0 Å². The van der Waals surface area contributed by atoms with Crippen molar-refractivity contribution in [1.82, 2.24) is 9.13 Å². The van der Waals surface area contributed by atoms with Crippen LogP contribution in [0.25, 0.3) is 99.9 Å². The fraction of sp³-hybridized carbons (Fsp3) is 0.0811. The normalized spacial score (nSPS) is 13.5. The Morgan fingerprint density at radius 2 is 0.688 bits per heavy atom. The number of aromatic nitrogens is 2. The van der Waals surface area contributed by atoms with Crippen molar-refractivity contribution in [3.05, 3.63) is 275 Å². The number of hydrogen-bond donors (Lipinski definition) is 0. The summed E-state index contributed by atoms with van der Waals surface area (Å²) in [5.41, 5.74) is 21.9. The molecule has 0 bridgehead atoms. The van der Waals surface area contributed by atoms with Crippen LogP contribution in [0, 0.1) is 23.7 Å². The fourth-order valence-corrected chi connectivity index (χ4v) is 12.8. The molecule has 3 heteroatoms. The van der Waals surface area contributed by atoms with Crippen molar-refractivity contribution >= 4 is 43.6 Å². The Labute approximate surface area is 448 Å². The molecule has 362 valence electrons. The molecule has 0 spiro atoms. The molecule has 3 nitrogen and oxygen atoms in total. The average molecular weight is 983 g/mol. The Balaban J connectivity index is 0.969. The van der Waals surface area contributed by atoms with Crippen molar-refractivity contribution in [3.63, 3.8) is 0 Å². The van der Waals surface area contributed by atoms with E-state index in [1.807, 2.05) is 0 Å². The smallest absolute Gasteiger partial charge is 0.151 e. The first-order valence-electron chi connectivity index (χ1n) is 26.6. The molecule has 0 saturated carbocycles. The Morgan fingerprint density at radius 3 is 1.14 bits per heavy atom. The third kappa shape index (κ3) is 6.81. The van der Waals surface area contributed by atoms with Crippen LogP contribution in [0.1, 0.15) is 72.2 Å². The molecule has 0 radical (unpaired) electrons. The van der Waals surface area contributed by atoms with Gasteiger partial charge in [0, 0.05) is 66.0 Å². The molecular formula is C74H50N2O. The average Bonchev–Trinajstić information content (AvgIpc) is 4.24. The Hall–Kier alpha value is -9.80. The maximum atomic E-state index is 7.45. The lowest BCUT2D eigenvalue weighted by Crippen LogP contribution is -2.14. The van der Waals surface area contributed by atoms with Gasteiger partial charge in [-0.3, -0.25) is 0 Å². The van der Waals surface area contributed by atoms with Gasteiger partial charge in [-0.2, -0.15) is 0 Å². The Bertz CT molecular complexity index is 4440. The highest BCUT2D eigenvalue weighted by Crippen LogP contribution is 2.52. The number of para-hydroxylation sites is 4. The van der Waals surface area contributed by atoms with E-state index in [9.17, 15) is 0 Å². The molecule has 0 atom stereocenters. The van der Waals surface area contributed by atoms with Gasteiger partial charge in [0.2, 0.25) is 0 Å². The first-order chi connectivity index (χ1) is 37.7. The maximum Gasteiger partial charge on any atom is 0.151 e. The summed E-state index contributed by atoms with van der Waals surface area (Å²) in [4.78, 5) is 0. The van der Waals surface area contributed by atoms with Crippen LogP contribution in [0.15, 0.2) is 235 Å². The zero-order valence-corrected chi connectivity index (χ0v) is 43.2. The van der Waals surface area contributed by atoms with Gasteiger partial charge in [0.05, 0.1) is 33.2 Å². The third-order valence-electron chi connectivity index (χ3n) is 16.6. The van der Waals surface area contributed by atoms with E-state index in [2.05, 4.69) is 291 Å². The van der Waals surface area contributed by atoms with Gasteiger partial charge >= 0.3 is 0 Å². The SMILES string of the molecule is CC1(C)c2ccccc2-c2ccc(-c3oc(-c4ccc5c(c4)C(C)(C)c4ccccc4-5)c(C#Cc4ccc5c(c4)c4ccccc4n5-c4ccccc4)c3C#Cc3ccc4c(c3)c3ccccc3n4-c3ccccc3)cc21. The zero-order valence-electron chi connectivity index (χ0n) is 43.2. The monoisotopic (exact) mass is 982 g/mol. The lowest BCUT2D eigenvalue weighted by atomic mass is 9.81. The minimum Gasteiger partial charge on any atom is -0.453 e. The van der Waals surface area contributed by atoms with E-state index in [1.54, 1.807) is 0 Å². The Kier molecular flexibility index (Phi) is 9.78. The van der Waals surface area contributed by atoms with Gasteiger partial charge in [0.15, 0.2) is 11.5 Å². The van der Waals surface area contributed by atoms with Crippen LogP contribution in [-0.4, -0.2) is 9.13 Å². The number of furan rings is 1. The van der Waals surface area contributed by atoms with Crippen molar-refractivity contribution in [2.24, 2.45) is 0 Å². The van der Waals surface area contributed by atoms with Crippen LogP contribution in [0.5, 0.6) is 0 Å². The molecule has 13 aromatic rings. The molecule has 0 fully saturated rings. The second-order valence-electron chi connectivity index (χ2n) is 21.7. The van der Waals surface area contributed by atoms with Gasteiger partial charge in [-0.05, 0) is 129 Å². The number of hydrogen-bond acceptors (Lipinski definition) is 1. The molecule has 2 aliphatic carbocycles. The second-order valence-corrected chi connectivity index (χ2v) is 21.7. The molecule has 2 aliphatic rings. The van der Waals surface area contributed by atoms with Crippen molar-refractivity contribution in [1.29, 1.82) is 0 Å². The van der Waals surface area contributed by atoms with Crippen molar-refractivity contribution in [2.75, 3.05) is 0 Å². The lowest BCUT2D eigenvalue weighted by molar-refractivity contribution is 0.595. The predicted molar refractivity (Wildman–Crippen MR) is 318 cm³/mol. The molecule has 0 amide bonds. The highest BCUT2D eigenvalue weighted by Gasteiger charge is 2.38. The van der Waals surface area contributed by atoms with E-state index in [1.165, 1.54) is 55.3 Å². The minimum absolute atomic E-state index is 0.219. The van der Waals surface area contributed by atoms with Crippen LogP contribution in [-0.2, 0) is 10.8 Å². The van der Waals surface area contributed by atoms with E-state index in [0.29, 0.717) is 11.5 Å². The summed E-state index contributed by atoms with van der Waals surface area (Å²) >= 11 is 0. The highest BCUT2D eigenvalue weighted by atomic mass is 16.3. The molecular weight excluding hydrogens is 933 g/mol. The minimum atomic E-state index is -0.219. The first kappa shape index (κ1) is 44.7. The second kappa shape index (κ2) is 16.9. The number of benzene rings is 10. The zero-order chi connectivity index (χ0) is 51.6. The van der Waals surface area contributed by atoms with Gasteiger partial charge in [-0.1, -0.05) is 197 Å². The molecule has 0 unspecified atom stereocenters. The standard InChI is InChI=1S/C74H50N2O/c1-73(2)63-27-15-11-23-53(63)55-39-35-49(45-65(55)73)71-59(37-31-47-33-41-69-61(43-47)57-25-13-17-29-67(57)75(69)51-19-7-5-8-20-51)60(72(77-71)50-36-40-56-54-24-12-16-28-64(54)74(3,4)66(56)46-50)38-32-48-34-42-70-62(44-48)58-26-14-18-30-68(58)76(70)52-21-9-6-10-22-52/h5-30,33-36,39-46H,1-4H3.